The van der Waals surface area contributed by atoms with E-state index in [4.69, 9.17) is 4.74 Å². The summed E-state index contributed by atoms with van der Waals surface area (Å²) in [5, 5.41) is 6.80. The van der Waals surface area contributed by atoms with Crippen LogP contribution >= 0.6 is 0 Å². The topological polar surface area (TPSA) is 61.8 Å². The van der Waals surface area contributed by atoms with Crippen LogP contribution in [0.2, 0.25) is 0 Å². The fourth-order valence-electron chi connectivity index (χ4n) is 3.16. The summed E-state index contributed by atoms with van der Waals surface area (Å²) < 4.78 is 5.45. The zero-order chi connectivity index (χ0) is 18.7. The van der Waals surface area contributed by atoms with Gasteiger partial charge in [0.15, 0.2) is 5.96 Å². The molecule has 6 heteroatoms. The molecule has 27 heavy (non-hydrogen) atoms. The standard InChI is InChI=1S/C21H29N5O/c1-22-21(24-10-8-18-5-4-9-23-15-18)25-16-19-6-2-3-7-20(19)17-26-11-13-27-14-12-26/h2-7,9,15H,8,10-14,16-17H2,1H3,(H2,22,24,25). The number of aromatic nitrogens is 1. The number of ether oxygens (including phenoxy) is 1. The van der Waals surface area contributed by atoms with E-state index in [9.17, 15) is 0 Å². The van der Waals surface area contributed by atoms with Gasteiger partial charge in [0, 0.05) is 52.2 Å². The Kier molecular flexibility index (Phi) is 7.62. The molecule has 1 aliphatic heterocycles. The van der Waals surface area contributed by atoms with Crippen molar-refractivity contribution in [1.29, 1.82) is 0 Å². The van der Waals surface area contributed by atoms with Crippen LogP contribution in [0.1, 0.15) is 16.7 Å². The number of hydrogen-bond acceptors (Lipinski definition) is 4. The van der Waals surface area contributed by atoms with E-state index < -0.39 is 0 Å². The molecular weight excluding hydrogens is 338 g/mol. The van der Waals surface area contributed by atoms with Gasteiger partial charge in [0.2, 0.25) is 0 Å². The molecule has 0 radical (unpaired) electrons. The molecule has 1 fully saturated rings. The molecule has 0 unspecified atom stereocenters. The van der Waals surface area contributed by atoms with Crippen molar-refractivity contribution in [3.05, 3.63) is 65.5 Å². The highest BCUT2D eigenvalue weighted by molar-refractivity contribution is 5.79. The van der Waals surface area contributed by atoms with Crippen molar-refractivity contribution < 1.29 is 4.74 Å². The maximum Gasteiger partial charge on any atom is 0.191 e. The minimum absolute atomic E-state index is 0.757. The first-order chi connectivity index (χ1) is 13.3. The molecule has 1 aromatic heterocycles. The zero-order valence-corrected chi connectivity index (χ0v) is 16.0. The van der Waals surface area contributed by atoms with Crippen LogP contribution in [-0.2, 0) is 24.2 Å². The molecule has 0 spiro atoms. The third-order valence-electron chi connectivity index (χ3n) is 4.71. The van der Waals surface area contributed by atoms with Gasteiger partial charge in [-0.1, -0.05) is 30.3 Å². The maximum atomic E-state index is 5.45. The van der Waals surface area contributed by atoms with Crippen molar-refractivity contribution in [2.45, 2.75) is 19.5 Å². The summed E-state index contributed by atoms with van der Waals surface area (Å²) in [5.74, 6) is 0.820. The normalized spacial score (nSPS) is 15.5. The summed E-state index contributed by atoms with van der Waals surface area (Å²) in [6, 6.07) is 12.7. The van der Waals surface area contributed by atoms with Crippen molar-refractivity contribution >= 4 is 5.96 Å². The summed E-state index contributed by atoms with van der Waals surface area (Å²) in [4.78, 5) is 10.9. The lowest BCUT2D eigenvalue weighted by atomic mass is 10.1. The average Bonchev–Trinajstić information content (AvgIpc) is 2.73. The Morgan fingerprint density at radius 3 is 2.67 bits per heavy atom. The number of benzene rings is 1. The van der Waals surface area contributed by atoms with Crippen molar-refractivity contribution in [2.24, 2.45) is 4.99 Å². The largest absolute Gasteiger partial charge is 0.379 e. The molecule has 6 nitrogen and oxygen atoms in total. The molecule has 0 atom stereocenters. The SMILES string of the molecule is CN=C(NCCc1cccnc1)NCc1ccccc1CN1CCOCC1. The molecule has 0 saturated carbocycles. The van der Waals surface area contributed by atoms with Gasteiger partial charge in [-0.2, -0.15) is 0 Å². The van der Waals surface area contributed by atoms with Crippen LogP contribution in [0, 0.1) is 0 Å². The Morgan fingerprint density at radius 2 is 1.93 bits per heavy atom. The lowest BCUT2D eigenvalue weighted by molar-refractivity contribution is 0.0341. The summed E-state index contributed by atoms with van der Waals surface area (Å²) in [5.41, 5.74) is 3.88. The summed E-state index contributed by atoms with van der Waals surface area (Å²) in [7, 11) is 1.80. The molecule has 0 amide bonds. The number of guanidine groups is 1. The Hall–Kier alpha value is -2.44. The molecule has 0 bridgehead atoms. The summed E-state index contributed by atoms with van der Waals surface area (Å²) in [6.45, 7) is 6.20. The first-order valence-corrected chi connectivity index (χ1v) is 9.55. The fourth-order valence-corrected chi connectivity index (χ4v) is 3.16. The van der Waals surface area contributed by atoms with Gasteiger partial charge in [0.25, 0.3) is 0 Å². The van der Waals surface area contributed by atoms with E-state index in [0.29, 0.717) is 0 Å². The Bertz CT molecular complexity index is 714. The van der Waals surface area contributed by atoms with Gasteiger partial charge in [0.1, 0.15) is 0 Å². The molecule has 1 aromatic carbocycles. The highest BCUT2D eigenvalue weighted by atomic mass is 16.5. The van der Waals surface area contributed by atoms with Crippen LogP contribution in [0.25, 0.3) is 0 Å². The molecular formula is C21H29N5O. The highest BCUT2D eigenvalue weighted by Crippen LogP contribution is 2.13. The molecule has 2 N–H and O–H groups in total. The van der Waals surface area contributed by atoms with Crippen molar-refractivity contribution in [1.82, 2.24) is 20.5 Å². The van der Waals surface area contributed by atoms with E-state index in [2.05, 4.69) is 55.8 Å². The molecule has 1 aliphatic rings. The van der Waals surface area contributed by atoms with E-state index in [1.54, 1.807) is 13.2 Å². The number of hydrogen-bond donors (Lipinski definition) is 2. The molecule has 2 aromatic rings. The van der Waals surface area contributed by atoms with E-state index in [-0.39, 0.29) is 0 Å². The van der Waals surface area contributed by atoms with E-state index in [1.807, 2.05) is 12.3 Å². The first-order valence-electron chi connectivity index (χ1n) is 9.55. The molecule has 144 valence electrons. The van der Waals surface area contributed by atoms with Crippen molar-refractivity contribution in [2.75, 3.05) is 39.9 Å². The average molecular weight is 367 g/mol. The number of nitrogens with zero attached hydrogens (tertiary/aromatic N) is 3. The number of morpholine rings is 1. The van der Waals surface area contributed by atoms with Crippen LogP contribution in [0.5, 0.6) is 0 Å². The van der Waals surface area contributed by atoms with Gasteiger partial charge in [-0.3, -0.25) is 14.9 Å². The van der Waals surface area contributed by atoms with Gasteiger partial charge in [-0.25, -0.2) is 0 Å². The number of aliphatic imine (C=N–C) groups is 1. The van der Waals surface area contributed by atoms with E-state index >= 15 is 0 Å². The predicted octanol–water partition coefficient (Wildman–Crippen LogP) is 1.82. The predicted molar refractivity (Wildman–Crippen MR) is 109 cm³/mol. The second-order valence-electron chi connectivity index (χ2n) is 6.62. The first kappa shape index (κ1) is 19.3. The van der Waals surface area contributed by atoms with E-state index in [0.717, 1.165) is 58.3 Å². The van der Waals surface area contributed by atoms with Gasteiger partial charge in [-0.05, 0) is 29.2 Å². The third-order valence-corrected chi connectivity index (χ3v) is 4.71. The molecule has 1 saturated heterocycles. The van der Waals surface area contributed by atoms with Gasteiger partial charge >= 0.3 is 0 Å². The number of pyridine rings is 1. The quantitative estimate of drug-likeness (QED) is 0.577. The van der Waals surface area contributed by atoms with Crippen molar-refractivity contribution in [3.8, 4) is 0 Å². The van der Waals surface area contributed by atoms with Crippen LogP contribution < -0.4 is 10.6 Å². The smallest absolute Gasteiger partial charge is 0.191 e. The minimum Gasteiger partial charge on any atom is -0.379 e. The van der Waals surface area contributed by atoms with Crippen LogP contribution in [0.4, 0.5) is 0 Å². The van der Waals surface area contributed by atoms with E-state index in [1.165, 1.54) is 16.7 Å². The van der Waals surface area contributed by atoms with Crippen LogP contribution in [0.3, 0.4) is 0 Å². The molecule has 3 rings (SSSR count). The monoisotopic (exact) mass is 367 g/mol. The number of nitrogens with one attached hydrogen (secondary N) is 2. The lowest BCUT2D eigenvalue weighted by Crippen LogP contribution is -2.38. The lowest BCUT2D eigenvalue weighted by Gasteiger charge is -2.27. The maximum absolute atomic E-state index is 5.45. The van der Waals surface area contributed by atoms with Crippen LogP contribution in [0.15, 0.2) is 53.8 Å². The molecule has 0 aliphatic carbocycles. The summed E-state index contributed by atoms with van der Waals surface area (Å²) in [6.07, 6.45) is 4.62. The summed E-state index contributed by atoms with van der Waals surface area (Å²) >= 11 is 0. The van der Waals surface area contributed by atoms with Gasteiger partial charge in [-0.15, -0.1) is 0 Å². The Balaban J connectivity index is 1.49. The fraction of sp³-hybridized carbons (Fsp3) is 0.429. The minimum atomic E-state index is 0.757. The Labute approximate surface area is 161 Å². The molecule has 2 heterocycles. The Morgan fingerprint density at radius 1 is 1.11 bits per heavy atom. The zero-order valence-electron chi connectivity index (χ0n) is 16.0. The second kappa shape index (κ2) is 10.6. The second-order valence-corrected chi connectivity index (χ2v) is 6.62. The van der Waals surface area contributed by atoms with Gasteiger partial charge in [0.05, 0.1) is 13.2 Å². The highest BCUT2D eigenvalue weighted by Gasteiger charge is 2.12. The third kappa shape index (κ3) is 6.34. The van der Waals surface area contributed by atoms with Gasteiger partial charge < -0.3 is 15.4 Å². The number of rotatable bonds is 7. The van der Waals surface area contributed by atoms with Crippen LogP contribution in [-0.4, -0.2) is 55.7 Å². The van der Waals surface area contributed by atoms with Crippen molar-refractivity contribution in [3.63, 3.8) is 0 Å².